The Hall–Kier alpha value is -1.68. The summed E-state index contributed by atoms with van der Waals surface area (Å²) in [6.45, 7) is 3.55. The van der Waals surface area contributed by atoms with Crippen molar-refractivity contribution in [3.63, 3.8) is 0 Å². The van der Waals surface area contributed by atoms with Gasteiger partial charge in [0.15, 0.2) is 0 Å². The van der Waals surface area contributed by atoms with E-state index in [0.717, 1.165) is 6.21 Å². The fraction of sp³-hybridized carbons (Fsp3) is 0.0909. The van der Waals surface area contributed by atoms with Crippen molar-refractivity contribution in [1.29, 1.82) is 0 Å². The number of benzene rings is 1. The first-order valence-corrected chi connectivity index (χ1v) is 4.85. The molecule has 1 unspecified atom stereocenters. The number of nitrogens with zero attached hydrogens (tertiary/aromatic N) is 1. The molecule has 0 spiro atoms. The standard InChI is InChI=1S/C11H7ClFNO2/c1-2-6-3-9(13)8(12)4-7(6)11-14-5-10(15)16-11/h2-5,11H,1H2. The van der Waals surface area contributed by atoms with Crippen molar-refractivity contribution in [1.82, 2.24) is 0 Å². The van der Waals surface area contributed by atoms with Crippen molar-refractivity contribution in [2.45, 2.75) is 6.23 Å². The van der Waals surface area contributed by atoms with Gasteiger partial charge in [0.2, 0.25) is 6.23 Å². The van der Waals surface area contributed by atoms with E-state index in [0.29, 0.717) is 11.1 Å². The first kappa shape index (κ1) is 10.8. The predicted molar refractivity (Wildman–Crippen MR) is 58.8 cm³/mol. The first-order valence-electron chi connectivity index (χ1n) is 4.47. The summed E-state index contributed by atoms with van der Waals surface area (Å²) >= 11 is 5.66. The molecule has 0 N–H and O–H groups in total. The van der Waals surface area contributed by atoms with E-state index in [-0.39, 0.29) is 5.02 Å². The summed E-state index contributed by atoms with van der Waals surface area (Å²) in [5.74, 6) is -1.07. The summed E-state index contributed by atoms with van der Waals surface area (Å²) in [5, 5.41) is -0.0428. The second-order valence-corrected chi connectivity index (χ2v) is 3.57. The van der Waals surface area contributed by atoms with E-state index < -0.39 is 18.0 Å². The van der Waals surface area contributed by atoms with Gasteiger partial charge in [-0.05, 0) is 17.7 Å². The van der Waals surface area contributed by atoms with E-state index >= 15 is 0 Å². The third-order valence-electron chi connectivity index (χ3n) is 2.16. The minimum absolute atomic E-state index is 0.0428. The van der Waals surface area contributed by atoms with Crippen LogP contribution in [0.1, 0.15) is 17.4 Å². The highest BCUT2D eigenvalue weighted by Crippen LogP contribution is 2.30. The molecule has 1 aromatic carbocycles. The number of carbonyl (C=O) groups is 1. The molecule has 0 aromatic heterocycles. The molecule has 0 saturated heterocycles. The number of hydrogen-bond acceptors (Lipinski definition) is 3. The maximum Gasteiger partial charge on any atom is 0.351 e. The molecule has 1 aliphatic heterocycles. The highest BCUT2D eigenvalue weighted by Gasteiger charge is 2.23. The Labute approximate surface area is 96.2 Å². The van der Waals surface area contributed by atoms with Gasteiger partial charge in [-0.15, -0.1) is 0 Å². The molecular formula is C11H7ClFNO2. The van der Waals surface area contributed by atoms with Crippen LogP contribution in [0, 0.1) is 5.82 Å². The molecule has 1 atom stereocenters. The number of cyclic esters (lactones) is 1. The van der Waals surface area contributed by atoms with Crippen LogP contribution < -0.4 is 0 Å². The maximum atomic E-state index is 13.2. The molecule has 1 aromatic rings. The number of halogens is 2. The van der Waals surface area contributed by atoms with Crippen molar-refractivity contribution in [3.05, 3.63) is 40.7 Å². The normalized spacial score (nSPS) is 18.6. The molecule has 0 fully saturated rings. The fourth-order valence-electron chi connectivity index (χ4n) is 1.41. The Morgan fingerprint density at radius 3 is 2.88 bits per heavy atom. The molecule has 5 heteroatoms. The average molecular weight is 240 g/mol. The third-order valence-corrected chi connectivity index (χ3v) is 2.44. The molecule has 2 rings (SSSR count). The van der Waals surface area contributed by atoms with E-state index in [2.05, 4.69) is 11.6 Å². The molecule has 0 bridgehead atoms. The summed E-state index contributed by atoms with van der Waals surface area (Å²) in [6.07, 6.45) is 1.77. The maximum absolute atomic E-state index is 13.2. The monoisotopic (exact) mass is 239 g/mol. The smallest absolute Gasteiger partial charge is 0.351 e. The molecule has 82 valence electrons. The SMILES string of the molecule is C=Cc1cc(F)c(Cl)cc1C1N=CC(=O)O1. The molecule has 1 heterocycles. The van der Waals surface area contributed by atoms with Crippen molar-refractivity contribution >= 4 is 29.9 Å². The molecule has 0 amide bonds. The van der Waals surface area contributed by atoms with Crippen molar-refractivity contribution < 1.29 is 13.9 Å². The Kier molecular flexibility index (Phi) is 2.75. The fourth-order valence-corrected chi connectivity index (χ4v) is 1.58. The second-order valence-electron chi connectivity index (χ2n) is 3.17. The van der Waals surface area contributed by atoms with Gasteiger partial charge in [-0.3, -0.25) is 0 Å². The molecule has 16 heavy (non-hydrogen) atoms. The summed E-state index contributed by atoms with van der Waals surface area (Å²) in [7, 11) is 0. The summed E-state index contributed by atoms with van der Waals surface area (Å²) < 4.78 is 18.1. The van der Waals surface area contributed by atoms with Crippen LogP contribution in [-0.2, 0) is 9.53 Å². The largest absolute Gasteiger partial charge is 0.431 e. The number of hydrogen-bond donors (Lipinski definition) is 0. The van der Waals surface area contributed by atoms with Crippen LogP contribution in [-0.4, -0.2) is 12.2 Å². The lowest BCUT2D eigenvalue weighted by atomic mass is 10.1. The zero-order valence-corrected chi connectivity index (χ0v) is 8.87. The number of carbonyl (C=O) groups excluding carboxylic acids is 1. The van der Waals surface area contributed by atoms with E-state index in [4.69, 9.17) is 16.3 Å². The van der Waals surface area contributed by atoms with E-state index in [1.807, 2.05) is 0 Å². The minimum atomic E-state index is -0.765. The summed E-state index contributed by atoms with van der Waals surface area (Å²) in [6, 6.07) is 2.61. The Morgan fingerprint density at radius 2 is 2.31 bits per heavy atom. The second kappa shape index (κ2) is 4.06. The van der Waals surface area contributed by atoms with Gasteiger partial charge in [-0.2, -0.15) is 0 Å². The van der Waals surface area contributed by atoms with Gasteiger partial charge in [0, 0.05) is 5.56 Å². The van der Waals surface area contributed by atoms with Crippen LogP contribution in [0.25, 0.3) is 6.08 Å². The number of ether oxygens (including phenoxy) is 1. The molecule has 3 nitrogen and oxygen atoms in total. The third kappa shape index (κ3) is 1.84. The highest BCUT2D eigenvalue weighted by atomic mass is 35.5. The number of aliphatic imine (C=N–C) groups is 1. The lowest BCUT2D eigenvalue weighted by Gasteiger charge is -2.11. The minimum Gasteiger partial charge on any atom is -0.431 e. The van der Waals surface area contributed by atoms with E-state index in [1.165, 1.54) is 18.2 Å². The first-order chi connectivity index (χ1) is 7.61. The molecule has 1 aliphatic rings. The van der Waals surface area contributed by atoms with Crippen LogP contribution in [0.2, 0.25) is 5.02 Å². The molecule has 0 saturated carbocycles. The van der Waals surface area contributed by atoms with Gasteiger partial charge in [-0.25, -0.2) is 14.2 Å². The predicted octanol–water partition coefficient (Wildman–Crippen LogP) is 2.75. The van der Waals surface area contributed by atoms with Crippen LogP contribution in [0.3, 0.4) is 0 Å². The zero-order valence-electron chi connectivity index (χ0n) is 8.11. The van der Waals surface area contributed by atoms with Crippen molar-refractivity contribution in [2.24, 2.45) is 4.99 Å². The van der Waals surface area contributed by atoms with Crippen LogP contribution in [0.15, 0.2) is 23.7 Å². The van der Waals surface area contributed by atoms with Gasteiger partial charge in [-0.1, -0.05) is 24.3 Å². The Bertz CT molecular complexity index is 499. The molecule has 0 radical (unpaired) electrons. The van der Waals surface area contributed by atoms with E-state index in [9.17, 15) is 9.18 Å². The average Bonchev–Trinajstić information content (AvgIpc) is 2.68. The van der Waals surface area contributed by atoms with Gasteiger partial charge in [0.05, 0.1) is 5.02 Å². The summed E-state index contributed by atoms with van der Waals surface area (Å²) in [5.41, 5.74) is 1.02. The lowest BCUT2D eigenvalue weighted by molar-refractivity contribution is -0.137. The molecular weight excluding hydrogens is 233 g/mol. The number of esters is 1. The van der Waals surface area contributed by atoms with Crippen molar-refractivity contribution in [3.8, 4) is 0 Å². The van der Waals surface area contributed by atoms with Gasteiger partial charge < -0.3 is 4.74 Å². The highest BCUT2D eigenvalue weighted by molar-refractivity contribution is 6.30. The van der Waals surface area contributed by atoms with E-state index in [1.54, 1.807) is 0 Å². The van der Waals surface area contributed by atoms with Crippen LogP contribution in [0.4, 0.5) is 4.39 Å². The Morgan fingerprint density at radius 1 is 1.56 bits per heavy atom. The topological polar surface area (TPSA) is 38.7 Å². The van der Waals surface area contributed by atoms with Crippen LogP contribution in [0.5, 0.6) is 0 Å². The van der Waals surface area contributed by atoms with Gasteiger partial charge >= 0.3 is 5.97 Å². The molecule has 0 aliphatic carbocycles. The lowest BCUT2D eigenvalue weighted by Crippen LogP contribution is -2.03. The van der Waals surface area contributed by atoms with Crippen molar-refractivity contribution in [2.75, 3.05) is 0 Å². The van der Waals surface area contributed by atoms with Gasteiger partial charge in [0.25, 0.3) is 0 Å². The summed E-state index contributed by atoms with van der Waals surface area (Å²) in [4.78, 5) is 14.7. The number of rotatable bonds is 2. The Balaban J connectivity index is 2.47. The van der Waals surface area contributed by atoms with Gasteiger partial charge in [0.1, 0.15) is 12.0 Å². The quantitative estimate of drug-likeness (QED) is 0.745. The van der Waals surface area contributed by atoms with Crippen LogP contribution >= 0.6 is 11.6 Å². The zero-order chi connectivity index (χ0) is 11.7.